The van der Waals surface area contributed by atoms with Gasteiger partial charge in [0.25, 0.3) is 0 Å². The molecule has 4 nitrogen and oxygen atoms in total. The molecule has 166 valence electrons. The second-order valence-electron chi connectivity index (χ2n) is 8.23. The zero-order valence-corrected chi connectivity index (χ0v) is 20.6. The third-order valence-corrected chi connectivity index (χ3v) is 5.74. The van der Waals surface area contributed by atoms with Crippen molar-refractivity contribution in [3.05, 3.63) is 88.2 Å². The summed E-state index contributed by atoms with van der Waals surface area (Å²) in [6, 6.07) is 16.0. The van der Waals surface area contributed by atoms with Crippen LogP contribution in [0.4, 0.5) is 5.69 Å². The molecule has 0 amide bonds. The first-order valence-corrected chi connectivity index (χ1v) is 11.1. The molecule has 0 aliphatic rings. The number of hydrogen-bond acceptors (Lipinski definition) is 3. The highest BCUT2D eigenvalue weighted by Crippen LogP contribution is 2.28. The molecular formula is C25H24Cl2N2O2S. The van der Waals surface area contributed by atoms with Crippen LogP contribution in [0.25, 0.3) is 11.5 Å². The number of rotatable bonds is 5. The van der Waals surface area contributed by atoms with Crippen LogP contribution in [0.1, 0.15) is 31.9 Å². The van der Waals surface area contributed by atoms with Crippen molar-refractivity contribution >= 4 is 57.6 Å². The first-order valence-electron chi connectivity index (χ1n) is 9.94. The minimum atomic E-state index is -0.341. The summed E-state index contributed by atoms with van der Waals surface area (Å²) in [7, 11) is 1.59. The molecule has 0 atom stereocenters. The maximum atomic E-state index is 13.6. The van der Waals surface area contributed by atoms with Crippen LogP contribution in [0, 0.1) is 0 Å². The lowest BCUT2D eigenvalue weighted by atomic mass is 9.88. The molecule has 7 heteroatoms. The van der Waals surface area contributed by atoms with Gasteiger partial charge in [-0.3, -0.25) is 0 Å². The van der Waals surface area contributed by atoms with Gasteiger partial charge in [0.15, 0.2) is 17.4 Å². The minimum absolute atomic E-state index is 0.0289. The molecule has 3 aromatic rings. The summed E-state index contributed by atoms with van der Waals surface area (Å²) in [6.45, 7) is 6.38. The summed E-state index contributed by atoms with van der Waals surface area (Å²) in [5, 5.41) is 17.5. The van der Waals surface area contributed by atoms with Gasteiger partial charge in [-0.2, -0.15) is 4.57 Å². The van der Waals surface area contributed by atoms with E-state index in [2.05, 4.69) is 26.1 Å². The zero-order valence-electron chi connectivity index (χ0n) is 18.3. The SMILES string of the molecule is COc1cccc(NC(=S)/C(=C(/[O-])c2cc(Cl)ccc2Cl)[n+]2ccc(C(C)(C)C)cc2)c1. The lowest BCUT2D eigenvalue weighted by Gasteiger charge is -2.20. The number of methoxy groups -OCH3 is 1. The molecule has 1 N–H and O–H groups in total. The van der Waals surface area contributed by atoms with Crippen LogP contribution in [-0.2, 0) is 5.41 Å². The molecule has 0 saturated heterocycles. The molecule has 2 aromatic carbocycles. The van der Waals surface area contributed by atoms with E-state index in [4.69, 9.17) is 40.2 Å². The van der Waals surface area contributed by atoms with Crippen LogP contribution >= 0.6 is 35.4 Å². The number of benzene rings is 2. The molecule has 0 saturated carbocycles. The largest absolute Gasteiger partial charge is 0.867 e. The molecular weight excluding hydrogens is 463 g/mol. The molecule has 0 aliphatic carbocycles. The van der Waals surface area contributed by atoms with Crippen LogP contribution in [0.2, 0.25) is 10.0 Å². The van der Waals surface area contributed by atoms with E-state index in [9.17, 15) is 5.11 Å². The summed E-state index contributed by atoms with van der Waals surface area (Å²) >= 11 is 18.1. The van der Waals surface area contributed by atoms with E-state index < -0.39 is 0 Å². The molecule has 0 bridgehead atoms. The monoisotopic (exact) mass is 486 g/mol. The highest BCUT2D eigenvalue weighted by molar-refractivity contribution is 7.81. The predicted octanol–water partition coefficient (Wildman–Crippen LogP) is 5.71. The summed E-state index contributed by atoms with van der Waals surface area (Å²) < 4.78 is 6.98. The summed E-state index contributed by atoms with van der Waals surface area (Å²) in [6.07, 6.45) is 3.65. The first-order chi connectivity index (χ1) is 15.1. The van der Waals surface area contributed by atoms with Crippen molar-refractivity contribution < 1.29 is 14.4 Å². The van der Waals surface area contributed by atoms with Crippen LogP contribution in [0.15, 0.2) is 67.0 Å². The number of nitrogens with zero attached hydrogens (tertiary/aromatic N) is 1. The van der Waals surface area contributed by atoms with Gasteiger partial charge in [-0.25, -0.2) is 0 Å². The van der Waals surface area contributed by atoms with Gasteiger partial charge in [-0.05, 0) is 52.6 Å². The Hall–Kier alpha value is -2.60. The summed E-state index contributed by atoms with van der Waals surface area (Å²) in [5.74, 6) is 0.331. The molecule has 0 radical (unpaired) electrons. The average molecular weight is 487 g/mol. The number of pyridine rings is 1. The summed E-state index contributed by atoms with van der Waals surface area (Å²) in [5.41, 5.74) is 2.33. The maximum absolute atomic E-state index is 13.6. The first kappa shape index (κ1) is 24.1. The van der Waals surface area contributed by atoms with E-state index in [1.165, 1.54) is 0 Å². The second kappa shape index (κ2) is 9.90. The van der Waals surface area contributed by atoms with E-state index in [0.29, 0.717) is 21.5 Å². The van der Waals surface area contributed by atoms with E-state index >= 15 is 0 Å². The highest BCUT2D eigenvalue weighted by atomic mass is 35.5. The highest BCUT2D eigenvalue weighted by Gasteiger charge is 2.22. The van der Waals surface area contributed by atoms with Crippen molar-refractivity contribution in [3.63, 3.8) is 0 Å². The lowest BCUT2D eigenvalue weighted by molar-refractivity contribution is -0.577. The maximum Gasteiger partial charge on any atom is 0.238 e. The van der Waals surface area contributed by atoms with Gasteiger partial charge in [0, 0.05) is 33.9 Å². The third-order valence-electron chi connectivity index (χ3n) is 4.88. The van der Waals surface area contributed by atoms with Crippen LogP contribution < -0.4 is 19.7 Å². The predicted molar refractivity (Wildman–Crippen MR) is 134 cm³/mol. The van der Waals surface area contributed by atoms with E-state index in [-0.39, 0.29) is 27.4 Å². The smallest absolute Gasteiger partial charge is 0.238 e. The number of hydrogen-bond donors (Lipinski definition) is 1. The molecule has 3 rings (SSSR count). The van der Waals surface area contributed by atoms with Gasteiger partial charge in [0.1, 0.15) is 5.75 Å². The van der Waals surface area contributed by atoms with Gasteiger partial charge >= 0.3 is 0 Å². The lowest BCUT2D eigenvalue weighted by Crippen LogP contribution is -2.40. The molecule has 1 heterocycles. The number of nitrogens with one attached hydrogen (secondary N) is 1. The topological polar surface area (TPSA) is 48.2 Å². The number of ether oxygens (including phenoxy) is 1. The molecule has 0 fully saturated rings. The zero-order chi connectivity index (χ0) is 23.5. The van der Waals surface area contributed by atoms with Crippen molar-refractivity contribution in [2.24, 2.45) is 0 Å². The van der Waals surface area contributed by atoms with Crippen molar-refractivity contribution in [1.82, 2.24) is 0 Å². The number of thiocarbonyl (C=S) groups is 1. The van der Waals surface area contributed by atoms with Gasteiger partial charge < -0.3 is 15.2 Å². The Morgan fingerprint density at radius 2 is 1.72 bits per heavy atom. The molecule has 32 heavy (non-hydrogen) atoms. The number of aromatic nitrogens is 1. The fourth-order valence-corrected chi connectivity index (χ4v) is 3.79. The van der Waals surface area contributed by atoms with Crippen molar-refractivity contribution in [1.29, 1.82) is 0 Å². The Morgan fingerprint density at radius 3 is 2.34 bits per heavy atom. The number of anilines is 1. The third kappa shape index (κ3) is 5.60. The van der Waals surface area contributed by atoms with Crippen molar-refractivity contribution in [2.75, 3.05) is 12.4 Å². The van der Waals surface area contributed by atoms with Gasteiger partial charge in [0.05, 0.1) is 7.11 Å². The van der Waals surface area contributed by atoms with E-state index in [0.717, 1.165) is 5.56 Å². The van der Waals surface area contributed by atoms with Gasteiger partial charge in [-0.1, -0.05) is 62.3 Å². The molecule has 1 aromatic heterocycles. The standard InChI is InChI=1S/C25H24Cl2N2O2S/c1-25(2,3)16-10-12-29(13-11-16)22(23(30)20-14-17(26)8-9-21(20)27)24(32)28-18-6-5-7-19(15-18)31-4/h5-15H,1-4H3,(H-,28,30,32). The quantitative estimate of drug-likeness (QED) is 0.217. The Balaban J connectivity index is 2.12. The molecule has 0 spiro atoms. The number of halogens is 2. The fraction of sp³-hybridized carbons (Fsp3) is 0.200. The van der Waals surface area contributed by atoms with Crippen molar-refractivity contribution in [2.45, 2.75) is 26.2 Å². The van der Waals surface area contributed by atoms with E-state index in [1.54, 1.807) is 35.9 Å². The Kier molecular flexibility index (Phi) is 7.44. The van der Waals surface area contributed by atoms with Gasteiger partial charge in [0.2, 0.25) is 5.70 Å². The Labute approximate surface area is 204 Å². The average Bonchev–Trinajstić information content (AvgIpc) is 2.75. The fourth-order valence-electron chi connectivity index (χ4n) is 3.10. The Morgan fingerprint density at radius 1 is 1.03 bits per heavy atom. The van der Waals surface area contributed by atoms with Crippen LogP contribution in [-0.4, -0.2) is 12.1 Å². The Bertz CT molecular complexity index is 1170. The normalized spacial score (nSPS) is 12.2. The van der Waals surface area contributed by atoms with Crippen LogP contribution in [0.3, 0.4) is 0 Å². The minimum Gasteiger partial charge on any atom is -0.867 e. The van der Waals surface area contributed by atoms with Gasteiger partial charge in [-0.15, -0.1) is 0 Å². The van der Waals surface area contributed by atoms with Crippen molar-refractivity contribution in [3.8, 4) is 5.75 Å². The molecule has 0 aliphatic heterocycles. The summed E-state index contributed by atoms with van der Waals surface area (Å²) in [4.78, 5) is 0.243. The van der Waals surface area contributed by atoms with Crippen LogP contribution in [0.5, 0.6) is 5.75 Å². The van der Waals surface area contributed by atoms with E-state index in [1.807, 2.05) is 42.7 Å². The molecule has 0 unspecified atom stereocenters. The second-order valence-corrected chi connectivity index (χ2v) is 9.48.